The SMILES string of the molecule is CN(C)C(=O)CC[C@H](NC(=O)OCc1ccccc1)C(=O)N[C@@H](CCCCNC(=O)OC(C)(C)C)C(O)C(=O)NCc1ccccc1. The maximum absolute atomic E-state index is 13.5. The highest BCUT2D eigenvalue weighted by Crippen LogP contribution is 2.11. The van der Waals surface area contributed by atoms with Crippen molar-refractivity contribution in [1.29, 1.82) is 0 Å². The molecule has 258 valence electrons. The zero-order chi connectivity index (χ0) is 34.8. The van der Waals surface area contributed by atoms with Gasteiger partial charge in [-0.3, -0.25) is 14.4 Å². The van der Waals surface area contributed by atoms with Gasteiger partial charge in [0.15, 0.2) is 6.10 Å². The molecule has 0 aliphatic heterocycles. The first-order valence-electron chi connectivity index (χ1n) is 15.7. The zero-order valence-corrected chi connectivity index (χ0v) is 27.9. The van der Waals surface area contributed by atoms with Gasteiger partial charge in [0.1, 0.15) is 18.2 Å². The standard InChI is InChI=1S/C34H49N5O8/c1-34(2,3)47-32(44)35-21-13-12-18-26(29(41)31(43)36-22-24-14-8-6-9-15-24)37-30(42)27(19-20-28(40)39(4)5)38-33(45)46-23-25-16-10-7-11-17-25/h6-11,14-17,26-27,29,41H,12-13,18-23H2,1-5H3,(H,35,44)(H,36,43)(H,37,42)(H,38,45)/t26-,27-,29?/m0/s1. The fraction of sp³-hybridized carbons (Fsp3) is 0.500. The van der Waals surface area contributed by atoms with E-state index in [0.717, 1.165) is 11.1 Å². The molecule has 13 heteroatoms. The molecule has 5 N–H and O–H groups in total. The van der Waals surface area contributed by atoms with E-state index < -0.39 is 47.8 Å². The summed E-state index contributed by atoms with van der Waals surface area (Å²) >= 11 is 0. The number of alkyl carbamates (subject to hydrolysis) is 2. The first kappa shape index (κ1) is 38.5. The topological polar surface area (TPSA) is 175 Å². The molecule has 0 fully saturated rings. The fourth-order valence-electron chi connectivity index (χ4n) is 4.33. The van der Waals surface area contributed by atoms with Gasteiger partial charge in [0.25, 0.3) is 5.91 Å². The number of hydrogen-bond acceptors (Lipinski definition) is 8. The van der Waals surface area contributed by atoms with E-state index >= 15 is 0 Å². The van der Waals surface area contributed by atoms with Crippen LogP contribution >= 0.6 is 0 Å². The van der Waals surface area contributed by atoms with Gasteiger partial charge in [0.2, 0.25) is 11.8 Å². The number of carbonyl (C=O) groups excluding carboxylic acids is 5. The van der Waals surface area contributed by atoms with Crippen LogP contribution in [0.25, 0.3) is 0 Å². The molecule has 0 aliphatic carbocycles. The molecule has 2 aromatic rings. The smallest absolute Gasteiger partial charge is 0.408 e. The van der Waals surface area contributed by atoms with Gasteiger partial charge in [-0.05, 0) is 57.6 Å². The molecule has 13 nitrogen and oxygen atoms in total. The van der Waals surface area contributed by atoms with Crippen molar-refractivity contribution >= 4 is 29.9 Å². The summed E-state index contributed by atoms with van der Waals surface area (Å²) in [5.74, 6) is -1.64. The third-order valence-electron chi connectivity index (χ3n) is 6.86. The Morgan fingerprint density at radius 1 is 0.787 bits per heavy atom. The zero-order valence-electron chi connectivity index (χ0n) is 27.9. The lowest BCUT2D eigenvalue weighted by Crippen LogP contribution is -2.55. The molecule has 0 aromatic heterocycles. The molecule has 3 atom stereocenters. The second-order valence-corrected chi connectivity index (χ2v) is 12.3. The summed E-state index contributed by atoms with van der Waals surface area (Å²) in [6.45, 7) is 5.68. The minimum atomic E-state index is -1.63. The Balaban J connectivity index is 2.11. The number of aliphatic hydroxyl groups excluding tert-OH is 1. The highest BCUT2D eigenvalue weighted by Gasteiger charge is 2.31. The predicted molar refractivity (Wildman–Crippen MR) is 176 cm³/mol. The Labute approximate surface area is 276 Å². The molecule has 0 saturated heterocycles. The average molecular weight is 656 g/mol. The van der Waals surface area contributed by atoms with E-state index in [4.69, 9.17) is 9.47 Å². The minimum absolute atomic E-state index is 0.0299. The minimum Gasteiger partial charge on any atom is -0.445 e. The van der Waals surface area contributed by atoms with Crippen LogP contribution in [0.5, 0.6) is 0 Å². The van der Waals surface area contributed by atoms with Crippen LogP contribution < -0.4 is 21.3 Å². The predicted octanol–water partition coefficient (Wildman–Crippen LogP) is 3.01. The second kappa shape index (κ2) is 19.8. The van der Waals surface area contributed by atoms with E-state index in [1.54, 1.807) is 59.1 Å². The highest BCUT2D eigenvalue weighted by atomic mass is 16.6. The van der Waals surface area contributed by atoms with Crippen LogP contribution in [0.4, 0.5) is 9.59 Å². The van der Waals surface area contributed by atoms with E-state index in [1.807, 2.05) is 36.4 Å². The van der Waals surface area contributed by atoms with Crippen molar-refractivity contribution in [1.82, 2.24) is 26.2 Å². The summed E-state index contributed by atoms with van der Waals surface area (Å²) in [5.41, 5.74) is 0.926. The third-order valence-corrected chi connectivity index (χ3v) is 6.86. The maximum Gasteiger partial charge on any atom is 0.408 e. The van der Waals surface area contributed by atoms with Crippen molar-refractivity contribution in [3.8, 4) is 0 Å². The van der Waals surface area contributed by atoms with Gasteiger partial charge in [0, 0.05) is 33.6 Å². The monoisotopic (exact) mass is 655 g/mol. The van der Waals surface area contributed by atoms with E-state index in [-0.39, 0.29) is 44.9 Å². The number of amides is 5. The summed E-state index contributed by atoms with van der Waals surface area (Å²) in [4.78, 5) is 64.9. The first-order chi connectivity index (χ1) is 22.2. The Kier molecular flexibility index (Phi) is 16.2. The Morgan fingerprint density at radius 3 is 2.00 bits per heavy atom. The molecule has 0 spiro atoms. The summed E-state index contributed by atoms with van der Waals surface area (Å²) in [5, 5.41) is 21.6. The second-order valence-electron chi connectivity index (χ2n) is 12.3. The van der Waals surface area contributed by atoms with Crippen LogP contribution in [-0.4, -0.2) is 84.3 Å². The van der Waals surface area contributed by atoms with Crippen LogP contribution in [-0.2, 0) is 37.0 Å². The van der Waals surface area contributed by atoms with Crippen molar-refractivity contribution in [3.63, 3.8) is 0 Å². The van der Waals surface area contributed by atoms with E-state index in [2.05, 4.69) is 21.3 Å². The molecule has 2 aromatic carbocycles. The molecule has 0 aliphatic rings. The molecule has 5 amide bonds. The van der Waals surface area contributed by atoms with Crippen LogP contribution in [0.2, 0.25) is 0 Å². The number of nitrogens with one attached hydrogen (secondary N) is 4. The molecule has 47 heavy (non-hydrogen) atoms. The van der Waals surface area contributed by atoms with Gasteiger partial charge in [-0.2, -0.15) is 0 Å². The van der Waals surface area contributed by atoms with Crippen molar-refractivity contribution < 1.29 is 38.6 Å². The van der Waals surface area contributed by atoms with E-state index in [9.17, 15) is 29.1 Å². The number of carbonyl (C=O) groups is 5. The number of aliphatic hydroxyl groups is 1. The largest absolute Gasteiger partial charge is 0.445 e. The lowest BCUT2D eigenvalue weighted by molar-refractivity contribution is -0.133. The lowest BCUT2D eigenvalue weighted by Gasteiger charge is -2.27. The molecule has 0 bridgehead atoms. The molecule has 2 rings (SSSR count). The average Bonchev–Trinajstić information content (AvgIpc) is 3.03. The van der Waals surface area contributed by atoms with Gasteiger partial charge >= 0.3 is 12.2 Å². The third kappa shape index (κ3) is 16.0. The summed E-state index contributed by atoms with van der Waals surface area (Å²) in [7, 11) is 3.16. The maximum atomic E-state index is 13.5. The van der Waals surface area contributed by atoms with Gasteiger partial charge in [-0.25, -0.2) is 9.59 Å². The van der Waals surface area contributed by atoms with Crippen molar-refractivity contribution in [2.75, 3.05) is 20.6 Å². The Bertz CT molecular complexity index is 1280. The number of nitrogens with zero attached hydrogens (tertiary/aromatic N) is 1. The summed E-state index contributed by atoms with van der Waals surface area (Å²) in [6, 6.07) is 15.9. The van der Waals surface area contributed by atoms with Gasteiger partial charge in [-0.15, -0.1) is 0 Å². The lowest BCUT2D eigenvalue weighted by atomic mass is 10.0. The van der Waals surface area contributed by atoms with E-state index in [0.29, 0.717) is 12.8 Å². The van der Waals surface area contributed by atoms with Gasteiger partial charge in [0.05, 0.1) is 6.04 Å². The Hall–Kier alpha value is -4.65. The number of unbranched alkanes of at least 4 members (excludes halogenated alkanes) is 1. The fourth-order valence-corrected chi connectivity index (χ4v) is 4.33. The summed E-state index contributed by atoms with van der Waals surface area (Å²) < 4.78 is 10.5. The van der Waals surface area contributed by atoms with Crippen LogP contribution in [0.1, 0.15) is 64.0 Å². The quantitative estimate of drug-likeness (QED) is 0.162. The molecular formula is C34H49N5O8. The molecule has 0 heterocycles. The number of benzene rings is 2. The van der Waals surface area contributed by atoms with E-state index in [1.165, 1.54) is 4.90 Å². The molecule has 0 radical (unpaired) electrons. The van der Waals surface area contributed by atoms with Crippen molar-refractivity contribution in [2.24, 2.45) is 0 Å². The Morgan fingerprint density at radius 2 is 1.40 bits per heavy atom. The van der Waals surface area contributed by atoms with Crippen molar-refractivity contribution in [2.45, 2.75) is 89.8 Å². The first-order valence-corrected chi connectivity index (χ1v) is 15.7. The number of hydrogen-bond donors (Lipinski definition) is 5. The number of ether oxygens (including phenoxy) is 2. The van der Waals surface area contributed by atoms with Crippen LogP contribution in [0, 0.1) is 0 Å². The molecule has 0 saturated carbocycles. The number of rotatable bonds is 17. The van der Waals surface area contributed by atoms with Crippen LogP contribution in [0.15, 0.2) is 60.7 Å². The highest BCUT2D eigenvalue weighted by molar-refractivity contribution is 5.88. The van der Waals surface area contributed by atoms with Gasteiger partial charge in [-0.1, -0.05) is 60.7 Å². The van der Waals surface area contributed by atoms with Gasteiger partial charge < -0.3 is 40.7 Å². The van der Waals surface area contributed by atoms with Crippen LogP contribution in [0.3, 0.4) is 0 Å². The molecule has 1 unspecified atom stereocenters. The van der Waals surface area contributed by atoms with Crippen molar-refractivity contribution in [3.05, 3.63) is 71.8 Å². The summed E-state index contributed by atoms with van der Waals surface area (Å²) in [6.07, 6.45) is -2.11. The molecular weight excluding hydrogens is 606 g/mol. The normalized spacial score (nSPS) is 12.9.